The van der Waals surface area contributed by atoms with E-state index in [1.54, 1.807) is 24.3 Å². The number of hydrogen-bond donors (Lipinski definition) is 3. The minimum absolute atomic E-state index is 0.00742. The molecule has 0 bridgehead atoms. The average molecular weight is 289 g/mol. The molecule has 0 spiro atoms. The van der Waals surface area contributed by atoms with Gasteiger partial charge in [-0.2, -0.15) is 0 Å². The van der Waals surface area contributed by atoms with Crippen molar-refractivity contribution < 1.29 is 14.3 Å². The Morgan fingerprint density at radius 2 is 2.10 bits per heavy atom. The van der Waals surface area contributed by atoms with Gasteiger partial charge in [0.25, 0.3) is 0 Å². The minimum atomic E-state index is -0.175. The van der Waals surface area contributed by atoms with Gasteiger partial charge >= 0.3 is 5.97 Å². The number of nitrogens with one attached hydrogen (secondary N) is 2. The van der Waals surface area contributed by atoms with Gasteiger partial charge in [0.1, 0.15) is 11.9 Å². The summed E-state index contributed by atoms with van der Waals surface area (Å²) in [6.07, 6.45) is 2.85. The monoisotopic (exact) mass is 289 g/mol. The lowest BCUT2D eigenvalue weighted by atomic mass is 10.0. The Labute approximate surface area is 123 Å². The Kier molecular flexibility index (Phi) is 4.92. The highest BCUT2D eigenvalue weighted by Gasteiger charge is 2.20. The van der Waals surface area contributed by atoms with E-state index >= 15 is 0 Å². The molecule has 1 aliphatic rings. The Balaban J connectivity index is 1.78. The molecule has 21 heavy (non-hydrogen) atoms. The van der Waals surface area contributed by atoms with Crippen molar-refractivity contribution in [1.29, 1.82) is 5.41 Å². The van der Waals surface area contributed by atoms with Gasteiger partial charge < -0.3 is 15.8 Å². The molecule has 1 fully saturated rings. The van der Waals surface area contributed by atoms with Gasteiger partial charge in [-0.05, 0) is 43.5 Å². The molecule has 1 atom stereocenters. The van der Waals surface area contributed by atoms with Crippen LogP contribution in [0.4, 0.5) is 5.69 Å². The van der Waals surface area contributed by atoms with Crippen LogP contribution in [0, 0.1) is 5.41 Å². The zero-order valence-electron chi connectivity index (χ0n) is 11.7. The standard InChI is InChI=1S/C15H19N3O3/c16-15(17)10-4-6-11(7-5-10)18-13(19)9-8-12-2-1-3-14(20)21-12/h4-7,12H,1-3,8-9H2,(H3,16,17)(H,18,19). The molecule has 1 unspecified atom stereocenters. The topological polar surface area (TPSA) is 105 Å². The molecule has 1 aromatic carbocycles. The van der Waals surface area contributed by atoms with Crippen LogP contribution in [0.3, 0.4) is 0 Å². The van der Waals surface area contributed by atoms with Crippen molar-refractivity contribution in [1.82, 2.24) is 0 Å². The second kappa shape index (κ2) is 6.88. The van der Waals surface area contributed by atoms with Crippen LogP contribution in [0.15, 0.2) is 24.3 Å². The van der Waals surface area contributed by atoms with Crippen LogP contribution in [0.2, 0.25) is 0 Å². The van der Waals surface area contributed by atoms with Crippen LogP contribution in [-0.2, 0) is 14.3 Å². The smallest absolute Gasteiger partial charge is 0.306 e. The summed E-state index contributed by atoms with van der Waals surface area (Å²) < 4.78 is 5.17. The Bertz CT molecular complexity index is 540. The van der Waals surface area contributed by atoms with Gasteiger partial charge in [0.15, 0.2) is 0 Å². The third kappa shape index (κ3) is 4.59. The Hall–Kier alpha value is -2.37. The van der Waals surface area contributed by atoms with E-state index in [2.05, 4.69) is 5.32 Å². The Morgan fingerprint density at radius 1 is 1.38 bits per heavy atom. The van der Waals surface area contributed by atoms with Crippen molar-refractivity contribution in [2.24, 2.45) is 5.73 Å². The van der Waals surface area contributed by atoms with Crippen LogP contribution in [0.5, 0.6) is 0 Å². The highest BCUT2D eigenvalue weighted by Crippen LogP contribution is 2.18. The quantitative estimate of drug-likeness (QED) is 0.436. The summed E-state index contributed by atoms with van der Waals surface area (Å²) in [5.74, 6) is -0.300. The number of anilines is 1. The molecule has 112 valence electrons. The molecule has 0 aromatic heterocycles. The number of hydrogen-bond acceptors (Lipinski definition) is 4. The SMILES string of the molecule is N=C(N)c1ccc(NC(=O)CCC2CCCC(=O)O2)cc1. The van der Waals surface area contributed by atoms with Gasteiger partial charge in [-0.25, -0.2) is 0 Å². The normalized spacial score (nSPS) is 17.9. The molecule has 6 nitrogen and oxygen atoms in total. The van der Waals surface area contributed by atoms with Gasteiger partial charge in [0.2, 0.25) is 5.91 Å². The third-order valence-electron chi connectivity index (χ3n) is 3.38. The molecule has 1 saturated heterocycles. The lowest BCUT2D eigenvalue weighted by Gasteiger charge is -2.21. The predicted octanol–water partition coefficient (Wildman–Crippen LogP) is 1.79. The van der Waals surface area contributed by atoms with E-state index in [-0.39, 0.29) is 23.8 Å². The number of cyclic esters (lactones) is 1. The minimum Gasteiger partial charge on any atom is -0.462 e. The zero-order chi connectivity index (χ0) is 15.2. The van der Waals surface area contributed by atoms with Gasteiger partial charge in [0.05, 0.1) is 0 Å². The van der Waals surface area contributed by atoms with E-state index in [0.29, 0.717) is 30.5 Å². The fourth-order valence-corrected chi connectivity index (χ4v) is 2.23. The summed E-state index contributed by atoms with van der Waals surface area (Å²) in [6, 6.07) is 6.77. The number of benzene rings is 1. The summed E-state index contributed by atoms with van der Waals surface area (Å²) in [6.45, 7) is 0. The second-order valence-electron chi connectivity index (χ2n) is 5.08. The number of carbonyl (C=O) groups excluding carboxylic acids is 2. The summed E-state index contributed by atoms with van der Waals surface area (Å²) in [5, 5.41) is 10.1. The number of ether oxygens (including phenoxy) is 1. The maximum atomic E-state index is 11.8. The fourth-order valence-electron chi connectivity index (χ4n) is 2.23. The molecule has 4 N–H and O–H groups in total. The third-order valence-corrected chi connectivity index (χ3v) is 3.38. The van der Waals surface area contributed by atoms with E-state index in [4.69, 9.17) is 15.9 Å². The fraction of sp³-hybridized carbons (Fsp3) is 0.400. The van der Waals surface area contributed by atoms with E-state index in [0.717, 1.165) is 12.8 Å². The largest absolute Gasteiger partial charge is 0.462 e. The average Bonchev–Trinajstić information content (AvgIpc) is 2.46. The van der Waals surface area contributed by atoms with Crippen molar-refractivity contribution in [2.75, 3.05) is 5.32 Å². The van der Waals surface area contributed by atoms with Crippen molar-refractivity contribution in [3.8, 4) is 0 Å². The van der Waals surface area contributed by atoms with Gasteiger partial charge in [0, 0.05) is 24.1 Å². The summed E-state index contributed by atoms with van der Waals surface area (Å²) in [4.78, 5) is 23.0. The van der Waals surface area contributed by atoms with Crippen molar-refractivity contribution in [2.45, 2.75) is 38.2 Å². The number of nitrogen functional groups attached to an aromatic ring is 1. The van der Waals surface area contributed by atoms with E-state index < -0.39 is 0 Å². The van der Waals surface area contributed by atoms with Crippen LogP contribution >= 0.6 is 0 Å². The summed E-state index contributed by atoms with van der Waals surface area (Å²) in [7, 11) is 0. The molecule has 1 heterocycles. The molecule has 6 heteroatoms. The van der Waals surface area contributed by atoms with Gasteiger partial charge in [-0.1, -0.05) is 0 Å². The van der Waals surface area contributed by atoms with Gasteiger partial charge in [-0.3, -0.25) is 15.0 Å². The highest BCUT2D eigenvalue weighted by molar-refractivity contribution is 5.96. The van der Waals surface area contributed by atoms with Crippen molar-refractivity contribution >= 4 is 23.4 Å². The molecule has 1 amide bonds. The van der Waals surface area contributed by atoms with E-state index in [9.17, 15) is 9.59 Å². The van der Waals surface area contributed by atoms with Crippen molar-refractivity contribution in [3.63, 3.8) is 0 Å². The Morgan fingerprint density at radius 3 is 2.71 bits per heavy atom. The van der Waals surface area contributed by atoms with Crippen LogP contribution in [0.1, 0.15) is 37.7 Å². The number of amides is 1. The van der Waals surface area contributed by atoms with Crippen LogP contribution in [-0.4, -0.2) is 23.8 Å². The number of nitrogens with two attached hydrogens (primary N) is 1. The number of amidine groups is 1. The van der Waals surface area contributed by atoms with Crippen molar-refractivity contribution in [3.05, 3.63) is 29.8 Å². The first-order chi connectivity index (χ1) is 10.0. The maximum Gasteiger partial charge on any atom is 0.306 e. The molecule has 2 rings (SSSR count). The van der Waals surface area contributed by atoms with Crippen LogP contribution < -0.4 is 11.1 Å². The lowest BCUT2D eigenvalue weighted by Crippen LogP contribution is -2.25. The van der Waals surface area contributed by atoms with E-state index in [1.807, 2.05) is 0 Å². The van der Waals surface area contributed by atoms with E-state index in [1.165, 1.54) is 0 Å². The van der Waals surface area contributed by atoms with Gasteiger partial charge in [-0.15, -0.1) is 0 Å². The summed E-state index contributed by atoms with van der Waals surface area (Å²) >= 11 is 0. The molecule has 0 radical (unpaired) electrons. The number of esters is 1. The lowest BCUT2D eigenvalue weighted by molar-refractivity contribution is -0.154. The maximum absolute atomic E-state index is 11.8. The molecule has 0 saturated carbocycles. The first kappa shape index (κ1) is 15.0. The molecule has 1 aliphatic heterocycles. The van der Waals surface area contributed by atoms with Crippen LogP contribution in [0.25, 0.3) is 0 Å². The zero-order valence-corrected chi connectivity index (χ0v) is 11.7. The molecular weight excluding hydrogens is 270 g/mol. The molecule has 1 aromatic rings. The first-order valence-electron chi connectivity index (χ1n) is 6.98. The first-order valence-corrected chi connectivity index (χ1v) is 6.98. The summed E-state index contributed by atoms with van der Waals surface area (Å²) in [5.41, 5.74) is 6.63. The second-order valence-corrected chi connectivity index (χ2v) is 5.08. The number of carbonyl (C=O) groups is 2. The molecule has 0 aliphatic carbocycles. The predicted molar refractivity (Wildman–Crippen MR) is 79.1 cm³/mol. The highest BCUT2D eigenvalue weighted by atomic mass is 16.5. The molecular formula is C15H19N3O3. The number of rotatable bonds is 5.